The minimum Gasteiger partial charge on any atom is -0.461 e. The zero-order valence-corrected chi connectivity index (χ0v) is 15.0. The molecule has 0 spiro atoms. The Kier molecular flexibility index (Phi) is 4.52. The Balaban J connectivity index is 1.58. The summed E-state index contributed by atoms with van der Waals surface area (Å²) in [6, 6.07) is 8.27. The van der Waals surface area contributed by atoms with Crippen molar-refractivity contribution in [3.63, 3.8) is 0 Å². The number of methoxy groups -OCH3 is 1. The fourth-order valence-electron chi connectivity index (χ4n) is 4.36. The van der Waals surface area contributed by atoms with Gasteiger partial charge in [-0.05, 0) is 37.8 Å². The van der Waals surface area contributed by atoms with E-state index < -0.39 is 0 Å². The van der Waals surface area contributed by atoms with E-state index in [9.17, 15) is 4.79 Å². The number of rotatable bonds is 4. The highest BCUT2D eigenvalue weighted by Gasteiger charge is 2.36. The summed E-state index contributed by atoms with van der Waals surface area (Å²) in [5.41, 5.74) is 1.41. The molecule has 0 N–H and O–H groups in total. The summed E-state index contributed by atoms with van der Waals surface area (Å²) in [6.07, 6.45) is 2.38. The van der Waals surface area contributed by atoms with Crippen LogP contribution in [0.2, 0.25) is 0 Å². The van der Waals surface area contributed by atoms with Crippen molar-refractivity contribution in [3.8, 4) is 0 Å². The van der Waals surface area contributed by atoms with Crippen molar-refractivity contribution in [2.75, 3.05) is 39.9 Å². The first-order valence-electron chi connectivity index (χ1n) is 9.17. The first-order chi connectivity index (χ1) is 12.2. The van der Waals surface area contributed by atoms with E-state index in [0.29, 0.717) is 17.5 Å². The molecule has 3 saturated heterocycles. The molecule has 5 heteroatoms. The van der Waals surface area contributed by atoms with Crippen molar-refractivity contribution in [2.24, 2.45) is 5.92 Å². The third-order valence-corrected chi connectivity index (χ3v) is 5.59. The summed E-state index contributed by atoms with van der Waals surface area (Å²) >= 11 is 0. The van der Waals surface area contributed by atoms with E-state index in [-0.39, 0.29) is 5.91 Å². The number of ether oxygens (including phenoxy) is 1. The summed E-state index contributed by atoms with van der Waals surface area (Å²) < 4.78 is 11.1. The van der Waals surface area contributed by atoms with Gasteiger partial charge in [0.25, 0.3) is 5.91 Å². The molecule has 0 aliphatic carbocycles. The van der Waals surface area contributed by atoms with Crippen molar-refractivity contribution in [3.05, 3.63) is 35.6 Å². The van der Waals surface area contributed by atoms with Crippen molar-refractivity contribution in [1.82, 2.24) is 9.80 Å². The van der Waals surface area contributed by atoms with Gasteiger partial charge in [0.05, 0.1) is 12.2 Å². The van der Waals surface area contributed by atoms with Crippen LogP contribution in [0.3, 0.4) is 0 Å². The lowest BCUT2D eigenvalue weighted by atomic mass is 9.95. The number of amides is 1. The van der Waals surface area contributed by atoms with Crippen LogP contribution in [0.15, 0.2) is 28.7 Å². The maximum Gasteiger partial charge on any atom is 0.257 e. The van der Waals surface area contributed by atoms with Crippen LogP contribution in [0, 0.1) is 12.8 Å². The van der Waals surface area contributed by atoms with Crippen molar-refractivity contribution < 1.29 is 13.9 Å². The van der Waals surface area contributed by atoms with E-state index in [2.05, 4.69) is 4.90 Å². The van der Waals surface area contributed by atoms with Crippen molar-refractivity contribution in [2.45, 2.75) is 25.8 Å². The van der Waals surface area contributed by atoms with E-state index in [4.69, 9.17) is 9.15 Å². The molecule has 2 bridgehead atoms. The Bertz CT molecular complexity index is 769. The monoisotopic (exact) mass is 342 g/mol. The molecule has 5 nitrogen and oxygen atoms in total. The Morgan fingerprint density at radius 3 is 3.00 bits per heavy atom. The first-order valence-corrected chi connectivity index (χ1v) is 9.17. The Morgan fingerprint density at radius 2 is 2.16 bits per heavy atom. The molecule has 0 unspecified atom stereocenters. The molecular formula is C20H26N2O3. The van der Waals surface area contributed by atoms with Gasteiger partial charge in [-0.25, -0.2) is 0 Å². The Morgan fingerprint density at radius 1 is 1.28 bits per heavy atom. The molecule has 25 heavy (non-hydrogen) atoms. The van der Waals surface area contributed by atoms with E-state index in [1.165, 1.54) is 12.8 Å². The van der Waals surface area contributed by atoms with Crippen LogP contribution in [-0.4, -0.2) is 61.6 Å². The van der Waals surface area contributed by atoms with Crippen molar-refractivity contribution >= 4 is 16.9 Å². The number of carbonyl (C=O) groups is 1. The van der Waals surface area contributed by atoms with Gasteiger partial charge in [0, 0.05) is 44.7 Å². The van der Waals surface area contributed by atoms with E-state index in [1.807, 2.05) is 36.1 Å². The highest BCUT2D eigenvalue weighted by Crippen LogP contribution is 2.30. The predicted molar refractivity (Wildman–Crippen MR) is 96.8 cm³/mol. The van der Waals surface area contributed by atoms with Gasteiger partial charge in [0.1, 0.15) is 11.3 Å². The normalized spacial score (nSPS) is 24.0. The predicted octanol–water partition coefficient (Wildman–Crippen LogP) is 2.92. The largest absolute Gasteiger partial charge is 0.461 e. The summed E-state index contributed by atoms with van der Waals surface area (Å²) in [5.74, 6) is 1.50. The van der Waals surface area contributed by atoms with Gasteiger partial charge in [-0.1, -0.05) is 12.1 Å². The first kappa shape index (κ1) is 16.6. The number of fused-ring (bicyclic) bond motifs is 5. The molecule has 134 valence electrons. The molecule has 1 aromatic heterocycles. The average Bonchev–Trinajstić information content (AvgIpc) is 2.79. The lowest BCUT2D eigenvalue weighted by Crippen LogP contribution is -2.45. The Labute approximate surface area is 148 Å². The lowest BCUT2D eigenvalue weighted by molar-refractivity contribution is 0.0718. The van der Waals surface area contributed by atoms with Crippen LogP contribution >= 0.6 is 0 Å². The third-order valence-electron chi connectivity index (χ3n) is 5.59. The highest BCUT2D eigenvalue weighted by atomic mass is 16.5. The minimum absolute atomic E-state index is 0.102. The van der Waals surface area contributed by atoms with Crippen molar-refractivity contribution in [1.29, 1.82) is 0 Å². The number of carbonyl (C=O) groups excluding carboxylic acids is 1. The number of furan rings is 1. The van der Waals surface area contributed by atoms with Crippen LogP contribution in [0.1, 0.15) is 29.0 Å². The molecule has 3 aliphatic heterocycles. The number of aryl methyl sites for hydroxylation is 1. The molecular weight excluding hydrogens is 316 g/mol. The highest BCUT2D eigenvalue weighted by molar-refractivity contribution is 6.05. The van der Waals surface area contributed by atoms with E-state index in [1.54, 1.807) is 7.11 Å². The average molecular weight is 342 g/mol. The molecule has 0 radical (unpaired) electrons. The quantitative estimate of drug-likeness (QED) is 0.857. The second-order valence-electron chi connectivity index (χ2n) is 7.38. The number of piperidine rings is 1. The van der Waals surface area contributed by atoms with Crippen LogP contribution in [-0.2, 0) is 4.74 Å². The van der Waals surface area contributed by atoms with Gasteiger partial charge in [-0.3, -0.25) is 9.69 Å². The lowest BCUT2D eigenvalue weighted by Gasteiger charge is -2.35. The van der Waals surface area contributed by atoms with Gasteiger partial charge in [0.2, 0.25) is 0 Å². The molecule has 2 aromatic rings. The van der Waals surface area contributed by atoms with Gasteiger partial charge in [-0.15, -0.1) is 0 Å². The van der Waals surface area contributed by atoms with Crippen LogP contribution < -0.4 is 0 Å². The third kappa shape index (κ3) is 3.18. The summed E-state index contributed by atoms with van der Waals surface area (Å²) in [5, 5.41) is 1.00. The standard InChI is InChI=1S/C20H26N2O3/c1-14-10-16-4-3-5-18(19(16)25-14)20(23)22-12-15-6-7-17(13-22)21(11-15)8-9-24-2/h3-5,10,15,17H,6-9,11-13H2,1-2H3/t15-,17-/m1/s1. The SMILES string of the molecule is COCCN1C[C@H]2CC[C@@H]1CN(C(=O)c1cccc3cc(C)oc13)C2. The molecule has 3 aliphatic rings. The number of para-hydroxylation sites is 1. The zero-order chi connectivity index (χ0) is 17.4. The summed E-state index contributed by atoms with van der Waals surface area (Å²) in [6.45, 7) is 6.34. The number of hydrogen-bond acceptors (Lipinski definition) is 4. The van der Waals surface area contributed by atoms with E-state index in [0.717, 1.165) is 49.5 Å². The minimum atomic E-state index is 0.102. The fraction of sp³-hybridized carbons (Fsp3) is 0.550. The van der Waals surface area contributed by atoms with Gasteiger partial charge in [-0.2, -0.15) is 0 Å². The second kappa shape index (κ2) is 6.81. The smallest absolute Gasteiger partial charge is 0.257 e. The summed E-state index contributed by atoms with van der Waals surface area (Å²) in [4.78, 5) is 17.8. The topological polar surface area (TPSA) is 45.9 Å². The van der Waals surface area contributed by atoms with E-state index >= 15 is 0 Å². The fourth-order valence-corrected chi connectivity index (χ4v) is 4.36. The van der Waals surface area contributed by atoms with Crippen LogP contribution in [0.4, 0.5) is 0 Å². The summed E-state index contributed by atoms with van der Waals surface area (Å²) in [7, 11) is 1.75. The van der Waals surface area contributed by atoms with Crippen LogP contribution in [0.5, 0.6) is 0 Å². The molecule has 0 saturated carbocycles. The zero-order valence-electron chi connectivity index (χ0n) is 15.0. The second-order valence-corrected chi connectivity index (χ2v) is 7.38. The molecule has 2 atom stereocenters. The molecule has 4 heterocycles. The molecule has 3 fully saturated rings. The molecule has 5 rings (SSSR count). The number of nitrogens with zero attached hydrogens (tertiary/aromatic N) is 2. The Hall–Kier alpha value is -1.85. The van der Waals surface area contributed by atoms with Gasteiger partial charge in [0.15, 0.2) is 0 Å². The maximum absolute atomic E-state index is 13.2. The van der Waals surface area contributed by atoms with Gasteiger partial charge >= 0.3 is 0 Å². The van der Waals surface area contributed by atoms with Gasteiger partial charge < -0.3 is 14.1 Å². The van der Waals surface area contributed by atoms with Crippen LogP contribution in [0.25, 0.3) is 11.0 Å². The molecule has 1 amide bonds. The maximum atomic E-state index is 13.2. The molecule has 1 aromatic carbocycles. The number of benzene rings is 1. The number of hydrogen-bond donors (Lipinski definition) is 0.